The van der Waals surface area contributed by atoms with E-state index in [0.717, 1.165) is 0 Å². The molecule has 0 heterocycles. The van der Waals surface area contributed by atoms with Gasteiger partial charge in [-0.25, -0.2) is 0 Å². The Morgan fingerprint density at radius 1 is 0.900 bits per heavy atom. The van der Waals surface area contributed by atoms with Gasteiger partial charge in [0.2, 0.25) is 11.7 Å². The van der Waals surface area contributed by atoms with Gasteiger partial charge in [0.25, 0.3) is 0 Å². The Labute approximate surface area is 226 Å². The lowest BCUT2D eigenvalue weighted by Gasteiger charge is -2.27. The van der Waals surface area contributed by atoms with Crippen LogP contribution in [0.4, 0.5) is 38.5 Å². The number of amides is 1. The molecule has 0 aliphatic carbocycles. The van der Waals surface area contributed by atoms with E-state index >= 15 is 0 Å². The summed E-state index contributed by atoms with van der Waals surface area (Å²) < 4.78 is 29.6. The highest BCUT2D eigenvalue weighted by Gasteiger charge is 2.25. The van der Waals surface area contributed by atoms with E-state index in [0.29, 0.717) is 17.8 Å². The molecule has 0 atom stereocenters. The van der Waals surface area contributed by atoms with Gasteiger partial charge in [-0.1, -0.05) is 0 Å². The number of methoxy groups -OCH3 is 1. The number of carbonyl (C=O) groups excluding carboxylic acids is 3. The first-order valence-electron chi connectivity index (χ1n) is 11.4. The normalized spacial score (nSPS) is 10.6. The fourth-order valence-corrected chi connectivity index (χ4v) is 3.31. The molecule has 1 N–H and O–H groups in total. The van der Waals surface area contributed by atoms with Gasteiger partial charge in [0.1, 0.15) is 24.7 Å². The Morgan fingerprint density at radius 3 is 1.93 bits per heavy atom. The van der Waals surface area contributed by atoms with Gasteiger partial charge < -0.3 is 24.4 Å². The summed E-state index contributed by atoms with van der Waals surface area (Å²) in [6, 6.07) is 3.67. The standard InChI is InChI=1S/C23H25FN6O10/c1-13(31)25-17-10-22(28(5-7-39-14(2)32)6-8-40-15(3)33)23(38-4)11-18(17)26-27-19-9-16(24)20(29(34)35)12-21(19)30(36)37/h9-12H,5-8H2,1-4H3,(H,25,31). The van der Waals surface area contributed by atoms with Crippen LogP contribution in [0.5, 0.6) is 5.75 Å². The van der Waals surface area contributed by atoms with Crippen molar-refractivity contribution in [2.45, 2.75) is 20.8 Å². The number of carbonyl (C=O) groups is 3. The zero-order valence-corrected chi connectivity index (χ0v) is 21.8. The maximum atomic E-state index is 14.2. The van der Waals surface area contributed by atoms with Crippen molar-refractivity contribution in [3.8, 4) is 5.75 Å². The lowest BCUT2D eigenvalue weighted by molar-refractivity contribution is -0.395. The minimum absolute atomic E-state index is 0.0368. The van der Waals surface area contributed by atoms with Crippen molar-refractivity contribution >= 4 is 52.0 Å². The number of nitrogens with zero attached hydrogens (tertiary/aromatic N) is 5. The molecule has 0 radical (unpaired) electrons. The van der Waals surface area contributed by atoms with Gasteiger partial charge in [0.15, 0.2) is 5.69 Å². The van der Waals surface area contributed by atoms with Crippen LogP contribution in [0, 0.1) is 26.0 Å². The molecule has 40 heavy (non-hydrogen) atoms. The number of ether oxygens (including phenoxy) is 3. The number of nitrogens with one attached hydrogen (secondary N) is 1. The molecule has 0 saturated carbocycles. The van der Waals surface area contributed by atoms with Crippen LogP contribution < -0.4 is 15.0 Å². The topological polar surface area (TPSA) is 205 Å². The molecule has 0 bridgehead atoms. The molecule has 0 unspecified atom stereocenters. The number of nitro groups is 2. The molecule has 17 heteroatoms. The van der Waals surface area contributed by atoms with E-state index in [1.807, 2.05) is 0 Å². The maximum absolute atomic E-state index is 14.2. The second-order valence-corrected chi connectivity index (χ2v) is 7.90. The average molecular weight is 564 g/mol. The van der Waals surface area contributed by atoms with E-state index in [1.165, 1.54) is 40.0 Å². The van der Waals surface area contributed by atoms with Crippen molar-refractivity contribution in [1.82, 2.24) is 0 Å². The summed E-state index contributed by atoms with van der Waals surface area (Å²) in [5.74, 6) is -2.75. The molecule has 0 aromatic heterocycles. The lowest BCUT2D eigenvalue weighted by Crippen LogP contribution is -2.32. The van der Waals surface area contributed by atoms with Crippen molar-refractivity contribution in [3.05, 3.63) is 50.3 Å². The third-order valence-corrected chi connectivity index (χ3v) is 4.98. The Hall–Kier alpha value is -5.22. The van der Waals surface area contributed by atoms with E-state index in [2.05, 4.69) is 15.5 Å². The quantitative estimate of drug-likeness (QED) is 0.159. The predicted octanol–water partition coefficient (Wildman–Crippen LogP) is 3.96. The number of esters is 2. The molecule has 0 fully saturated rings. The summed E-state index contributed by atoms with van der Waals surface area (Å²) in [5, 5.41) is 32.5. The van der Waals surface area contributed by atoms with Crippen LogP contribution in [-0.2, 0) is 23.9 Å². The van der Waals surface area contributed by atoms with Gasteiger partial charge in [-0.15, -0.1) is 10.2 Å². The monoisotopic (exact) mass is 564 g/mol. The number of hydrogen-bond acceptors (Lipinski definition) is 13. The molecule has 2 aromatic rings. The smallest absolute Gasteiger partial charge is 0.311 e. The number of azo groups is 1. The number of nitro benzene ring substituents is 2. The van der Waals surface area contributed by atoms with E-state index in [-0.39, 0.29) is 43.4 Å². The highest BCUT2D eigenvalue weighted by Crippen LogP contribution is 2.41. The largest absolute Gasteiger partial charge is 0.494 e. The van der Waals surface area contributed by atoms with Crippen LogP contribution in [0.2, 0.25) is 0 Å². The number of hydrogen-bond donors (Lipinski definition) is 1. The average Bonchev–Trinajstić information content (AvgIpc) is 2.85. The second kappa shape index (κ2) is 14.1. The summed E-state index contributed by atoms with van der Waals surface area (Å²) >= 11 is 0. The Bertz CT molecular complexity index is 1330. The molecule has 214 valence electrons. The molecule has 0 saturated heterocycles. The SMILES string of the molecule is COc1cc(N=Nc2cc(F)c([N+](=O)[O-])cc2[N+](=O)[O-])c(NC(C)=O)cc1N(CCOC(C)=O)CCOC(C)=O. The number of halogens is 1. The Kier molecular flexibility index (Phi) is 10.9. The maximum Gasteiger partial charge on any atom is 0.311 e. The van der Waals surface area contributed by atoms with E-state index in [1.54, 1.807) is 4.90 Å². The van der Waals surface area contributed by atoms with Crippen LogP contribution in [-0.4, -0.2) is 61.1 Å². The summed E-state index contributed by atoms with van der Waals surface area (Å²) in [6.07, 6.45) is 0. The minimum atomic E-state index is -1.37. The molecule has 0 aliphatic rings. The van der Waals surface area contributed by atoms with Gasteiger partial charge in [-0.05, 0) is 6.07 Å². The second-order valence-electron chi connectivity index (χ2n) is 7.90. The van der Waals surface area contributed by atoms with Crippen molar-refractivity contribution in [2.75, 3.05) is 43.6 Å². The third kappa shape index (κ3) is 8.67. The zero-order valence-electron chi connectivity index (χ0n) is 21.8. The first kappa shape index (κ1) is 31.0. The van der Waals surface area contributed by atoms with Crippen LogP contribution in [0.3, 0.4) is 0 Å². The van der Waals surface area contributed by atoms with Gasteiger partial charge >= 0.3 is 23.3 Å². The molecule has 16 nitrogen and oxygen atoms in total. The first-order valence-corrected chi connectivity index (χ1v) is 11.4. The van der Waals surface area contributed by atoms with Crippen LogP contribution in [0.1, 0.15) is 20.8 Å². The van der Waals surface area contributed by atoms with Crippen molar-refractivity contribution < 1.29 is 42.8 Å². The van der Waals surface area contributed by atoms with Gasteiger partial charge in [-0.3, -0.25) is 34.6 Å². The molecule has 0 aliphatic heterocycles. The van der Waals surface area contributed by atoms with E-state index in [9.17, 15) is 39.0 Å². The number of anilines is 2. The molecule has 1 amide bonds. The molecule has 2 aromatic carbocycles. The summed E-state index contributed by atoms with van der Waals surface area (Å²) in [6.45, 7) is 3.87. The highest BCUT2D eigenvalue weighted by atomic mass is 19.1. The highest BCUT2D eigenvalue weighted by molar-refractivity contribution is 5.94. The van der Waals surface area contributed by atoms with Crippen molar-refractivity contribution in [3.63, 3.8) is 0 Å². The van der Waals surface area contributed by atoms with Gasteiger partial charge in [-0.2, -0.15) is 4.39 Å². The molecular weight excluding hydrogens is 539 g/mol. The van der Waals surface area contributed by atoms with Crippen molar-refractivity contribution in [2.24, 2.45) is 10.2 Å². The fourth-order valence-electron chi connectivity index (χ4n) is 3.31. The van der Waals surface area contributed by atoms with E-state index < -0.39 is 50.6 Å². The third-order valence-electron chi connectivity index (χ3n) is 4.98. The van der Waals surface area contributed by atoms with Crippen LogP contribution in [0.25, 0.3) is 0 Å². The predicted molar refractivity (Wildman–Crippen MR) is 137 cm³/mol. The minimum Gasteiger partial charge on any atom is -0.494 e. The Balaban J connectivity index is 2.60. The van der Waals surface area contributed by atoms with Crippen LogP contribution in [0.15, 0.2) is 34.5 Å². The summed E-state index contributed by atoms with van der Waals surface area (Å²) in [7, 11) is 1.32. The zero-order chi connectivity index (χ0) is 30.0. The molecule has 2 rings (SSSR count). The van der Waals surface area contributed by atoms with Crippen molar-refractivity contribution in [1.29, 1.82) is 0 Å². The fraction of sp³-hybridized carbons (Fsp3) is 0.348. The number of rotatable bonds is 13. The molecular formula is C23H25FN6O10. The summed E-state index contributed by atoms with van der Waals surface area (Å²) in [4.78, 5) is 56.3. The molecule has 0 spiro atoms. The lowest BCUT2D eigenvalue weighted by atomic mass is 10.2. The van der Waals surface area contributed by atoms with E-state index in [4.69, 9.17) is 14.2 Å². The van der Waals surface area contributed by atoms with Gasteiger partial charge in [0.05, 0.1) is 47.5 Å². The number of benzene rings is 2. The Morgan fingerprint density at radius 2 is 1.45 bits per heavy atom. The van der Waals surface area contributed by atoms with Crippen LogP contribution >= 0.6 is 0 Å². The first-order chi connectivity index (χ1) is 18.8. The van der Waals surface area contributed by atoms with Gasteiger partial charge in [0, 0.05) is 32.9 Å². The summed E-state index contributed by atoms with van der Waals surface area (Å²) in [5.41, 5.74) is -2.25.